The molecule has 1 fully saturated rings. The molecule has 1 aliphatic carbocycles. The maximum Gasteiger partial charge on any atom is 0.0529 e. The zero-order valence-electron chi connectivity index (χ0n) is 29.8. The summed E-state index contributed by atoms with van der Waals surface area (Å²) in [5, 5.41) is 0. The molecule has 0 bridgehead atoms. The third-order valence-electron chi connectivity index (χ3n) is 10.2. The van der Waals surface area contributed by atoms with Crippen molar-refractivity contribution in [3.05, 3.63) is 130 Å². The van der Waals surface area contributed by atoms with E-state index in [1.54, 1.807) is 0 Å². The van der Waals surface area contributed by atoms with Crippen molar-refractivity contribution in [3.63, 3.8) is 0 Å². The van der Waals surface area contributed by atoms with E-state index in [9.17, 15) is 0 Å². The van der Waals surface area contributed by atoms with Crippen molar-refractivity contribution in [1.82, 2.24) is 0 Å². The monoisotopic (exact) mass is 770 g/mol. The van der Waals surface area contributed by atoms with Crippen molar-refractivity contribution >= 4 is 31.6 Å². The molecule has 3 unspecified atom stereocenters. The Hall–Kier alpha value is -2.45. The summed E-state index contributed by atoms with van der Waals surface area (Å²) in [5.74, 6) is 2.88. The zero-order valence-corrected chi connectivity index (χ0v) is 33.0. The van der Waals surface area contributed by atoms with E-state index in [4.69, 9.17) is 26.0 Å². The molecule has 257 valence electrons. The van der Waals surface area contributed by atoms with Crippen molar-refractivity contribution in [1.29, 1.82) is 0 Å². The average Bonchev–Trinajstić information content (AvgIpc) is 3.51. The zero-order chi connectivity index (χ0) is 34.6. The van der Waals surface area contributed by atoms with Gasteiger partial charge in [-0.3, -0.25) is 0 Å². The van der Waals surface area contributed by atoms with Gasteiger partial charge in [0, 0.05) is 28.4 Å². The van der Waals surface area contributed by atoms with Gasteiger partial charge in [0.25, 0.3) is 0 Å². The average molecular weight is 771 g/mol. The first-order chi connectivity index (χ1) is 22.9. The molecule has 2 aliphatic rings. The van der Waals surface area contributed by atoms with Crippen LogP contribution in [0.5, 0.6) is 5.75 Å². The third kappa shape index (κ3) is 7.35. The van der Waals surface area contributed by atoms with Crippen LogP contribution in [-0.4, -0.2) is 28.2 Å². The first-order valence-corrected chi connectivity index (χ1v) is 21.2. The predicted molar refractivity (Wildman–Crippen MR) is 205 cm³/mol. The van der Waals surface area contributed by atoms with Crippen molar-refractivity contribution in [2.45, 2.75) is 109 Å². The molecule has 1 heterocycles. The van der Waals surface area contributed by atoms with Crippen molar-refractivity contribution < 1.29 is 20.4 Å². The number of halogens is 2. The molecule has 48 heavy (non-hydrogen) atoms. The number of para-hydroxylation sites is 2. The van der Waals surface area contributed by atoms with Crippen LogP contribution in [-0.2, 0) is 21.1 Å². The first-order valence-electron chi connectivity index (χ1n) is 17.4. The van der Waals surface area contributed by atoms with Gasteiger partial charge in [0.15, 0.2) is 0 Å². The fraction of sp³-hybridized carbons (Fsp3) is 0.419. The molecule has 0 saturated carbocycles. The summed E-state index contributed by atoms with van der Waals surface area (Å²) in [6.45, 7) is 18.2. The second-order valence-electron chi connectivity index (χ2n) is 14.9. The van der Waals surface area contributed by atoms with Gasteiger partial charge in [-0.05, 0) is 66.3 Å². The molecular weight excluding hydrogens is 718 g/mol. The van der Waals surface area contributed by atoms with Gasteiger partial charge >= 0.3 is 90.3 Å². The molecule has 1 aliphatic heterocycles. The number of fused-ring (bicyclic) bond motifs is 2. The summed E-state index contributed by atoms with van der Waals surface area (Å²) >= 11 is 6.84. The number of rotatable bonds is 8. The van der Waals surface area contributed by atoms with Crippen LogP contribution >= 0.6 is 21.3 Å². The number of benzene rings is 4. The van der Waals surface area contributed by atoms with Crippen LogP contribution in [0.1, 0.15) is 119 Å². The van der Waals surface area contributed by atoms with E-state index in [2.05, 4.69) is 119 Å². The van der Waals surface area contributed by atoms with Crippen LogP contribution in [0.4, 0.5) is 5.69 Å². The maximum absolute atomic E-state index is 7.03. The Kier molecular flexibility index (Phi) is 12.0. The number of ether oxygens (including phenoxy) is 1. The first kappa shape index (κ1) is 36.8. The minimum Gasteiger partial charge on any atom is -0.361 e. The van der Waals surface area contributed by atoms with Crippen molar-refractivity contribution in [3.8, 4) is 5.75 Å². The summed E-state index contributed by atoms with van der Waals surface area (Å²) < 4.78 is 7.66. The Morgan fingerprint density at radius 1 is 0.812 bits per heavy atom. The van der Waals surface area contributed by atoms with E-state index in [0.29, 0.717) is 23.6 Å². The summed E-state index contributed by atoms with van der Waals surface area (Å²) in [4.78, 5) is 2.76. The third-order valence-corrected chi connectivity index (χ3v) is 11.6. The van der Waals surface area contributed by atoms with E-state index in [0.717, 1.165) is 24.2 Å². The molecule has 4 aromatic carbocycles. The number of anilines is 1. The van der Waals surface area contributed by atoms with Crippen LogP contribution in [0, 0.1) is 0 Å². The van der Waals surface area contributed by atoms with Crippen LogP contribution in [0.15, 0.2) is 97.1 Å². The molecule has 0 N–H and O–H groups in total. The van der Waals surface area contributed by atoms with Gasteiger partial charge in [-0.1, -0.05) is 100 Å². The van der Waals surface area contributed by atoms with Crippen LogP contribution in [0.2, 0.25) is 0 Å². The SMILES string of the molecule is CC(C)Oc1ccccc1[CH]=[Ru][Cl].CC(C)c1cccc(C(C)C)c1N1C(CCl)C2(CC(c3ccccc3)c3ccccc32)CC1(C)C. The summed E-state index contributed by atoms with van der Waals surface area (Å²) in [6.07, 6.45) is 2.44. The van der Waals surface area contributed by atoms with E-state index in [-0.39, 0.29) is 38.8 Å². The Morgan fingerprint density at radius 3 is 2.02 bits per heavy atom. The second kappa shape index (κ2) is 15.6. The van der Waals surface area contributed by atoms with Crippen molar-refractivity contribution in [2.75, 3.05) is 10.8 Å². The molecule has 5 heteroatoms. The Bertz CT molecular complexity index is 1670. The predicted octanol–water partition coefficient (Wildman–Crippen LogP) is 11.9. The minimum absolute atomic E-state index is 0.00706. The second-order valence-corrected chi connectivity index (χ2v) is 17.0. The molecule has 3 atom stereocenters. The fourth-order valence-electron chi connectivity index (χ4n) is 8.38. The van der Waals surface area contributed by atoms with Crippen LogP contribution in [0.3, 0.4) is 0 Å². The summed E-state index contributed by atoms with van der Waals surface area (Å²) in [5.41, 5.74) is 9.88. The number of nitrogens with zero attached hydrogens (tertiary/aromatic N) is 1. The van der Waals surface area contributed by atoms with Gasteiger partial charge in [0.1, 0.15) is 0 Å². The molecule has 4 aromatic rings. The van der Waals surface area contributed by atoms with E-state index in [1.807, 2.05) is 42.7 Å². The Balaban J connectivity index is 0.000000292. The van der Waals surface area contributed by atoms with Gasteiger partial charge < -0.3 is 4.90 Å². The van der Waals surface area contributed by atoms with Crippen LogP contribution in [0.25, 0.3) is 0 Å². The fourth-order valence-corrected chi connectivity index (χ4v) is 9.92. The summed E-state index contributed by atoms with van der Waals surface area (Å²) in [6, 6.07) is 35.4. The van der Waals surface area contributed by atoms with Gasteiger partial charge in [0.05, 0.1) is 6.04 Å². The van der Waals surface area contributed by atoms with Gasteiger partial charge in [-0.25, -0.2) is 0 Å². The maximum atomic E-state index is 7.03. The number of hydrogen-bond donors (Lipinski definition) is 0. The molecule has 6 rings (SSSR count). The van der Waals surface area contributed by atoms with Gasteiger partial charge in [-0.2, -0.15) is 0 Å². The molecule has 1 saturated heterocycles. The standard InChI is InChI=1S/C33H40ClN.C10H12O.ClH.Ru/c1-22(2)25-16-12-17-26(23(3)4)31(25)35-30(20-34)33(21-32(35,5)6)19-28(24-13-8-7-9-14-24)27-15-10-11-18-29(27)33;1-8(2)11-10-7-5-4-6-9(10)3;;/h7-18,22-23,28,30H,19-21H2,1-6H3;3-8H,1-2H3;1H;/q;;;+1/p-1. The van der Waals surface area contributed by atoms with Gasteiger partial charge in [-0.15, -0.1) is 11.6 Å². The Labute approximate surface area is 306 Å². The number of hydrogen-bond acceptors (Lipinski definition) is 2. The molecule has 2 nitrogen and oxygen atoms in total. The Morgan fingerprint density at radius 2 is 1.42 bits per heavy atom. The molecule has 0 amide bonds. The minimum atomic E-state index is -0.191. The molecule has 0 aromatic heterocycles. The van der Waals surface area contributed by atoms with E-state index >= 15 is 0 Å². The normalized spacial score (nSPS) is 21.5. The molecular formula is C43H52Cl2NORu. The molecule has 0 radical (unpaired) electrons. The molecule has 1 spiro atoms. The van der Waals surface area contributed by atoms with E-state index < -0.39 is 0 Å². The topological polar surface area (TPSA) is 12.5 Å². The smallest absolute Gasteiger partial charge is 0.0529 e. The number of alkyl halides is 1. The largest absolute Gasteiger partial charge is 0.361 e. The van der Waals surface area contributed by atoms with Crippen LogP contribution < -0.4 is 9.64 Å². The quantitative estimate of drug-likeness (QED) is 0.131. The summed E-state index contributed by atoms with van der Waals surface area (Å²) in [7, 11) is 5.72. The van der Waals surface area contributed by atoms with Crippen molar-refractivity contribution in [2.24, 2.45) is 0 Å². The van der Waals surface area contributed by atoms with E-state index in [1.165, 1.54) is 33.5 Å². The van der Waals surface area contributed by atoms with Gasteiger partial charge in [0.2, 0.25) is 0 Å².